The molecular formula is C15H14N6. The van der Waals surface area contributed by atoms with Gasteiger partial charge in [-0.3, -0.25) is 0 Å². The Labute approximate surface area is 122 Å². The number of nitrogens with one attached hydrogen (secondary N) is 1. The normalized spacial score (nSPS) is 10.4. The Bertz CT molecular complexity index is 772. The molecule has 0 saturated heterocycles. The lowest BCUT2D eigenvalue weighted by molar-refractivity contribution is 0.660. The van der Waals surface area contributed by atoms with Crippen molar-refractivity contribution in [1.29, 1.82) is 0 Å². The molecule has 0 aliphatic rings. The van der Waals surface area contributed by atoms with Crippen LogP contribution in [0.3, 0.4) is 0 Å². The SMILES string of the molecule is [C-]#[N+]c1ccc2ncnc(NCCCn3ccnc3)c2c1. The first kappa shape index (κ1) is 13.1. The van der Waals surface area contributed by atoms with Gasteiger partial charge in [0.05, 0.1) is 18.4 Å². The molecule has 0 atom stereocenters. The van der Waals surface area contributed by atoms with E-state index in [2.05, 4.69) is 25.1 Å². The van der Waals surface area contributed by atoms with E-state index in [1.54, 1.807) is 12.3 Å². The third-order valence-corrected chi connectivity index (χ3v) is 3.19. The third-order valence-electron chi connectivity index (χ3n) is 3.19. The lowest BCUT2D eigenvalue weighted by Crippen LogP contribution is -2.07. The van der Waals surface area contributed by atoms with Crippen LogP contribution in [-0.4, -0.2) is 26.1 Å². The van der Waals surface area contributed by atoms with Crippen LogP contribution in [0.25, 0.3) is 15.7 Å². The monoisotopic (exact) mass is 278 g/mol. The van der Waals surface area contributed by atoms with Crippen LogP contribution in [0.2, 0.25) is 0 Å². The number of imidazole rings is 1. The lowest BCUT2D eigenvalue weighted by Gasteiger charge is -2.08. The van der Waals surface area contributed by atoms with E-state index in [4.69, 9.17) is 6.57 Å². The maximum Gasteiger partial charge on any atom is 0.188 e. The molecule has 3 rings (SSSR count). The molecule has 0 amide bonds. The Morgan fingerprint density at radius 1 is 1.29 bits per heavy atom. The van der Waals surface area contributed by atoms with Gasteiger partial charge in [-0.1, -0.05) is 6.07 Å². The molecule has 0 radical (unpaired) electrons. The topological polar surface area (TPSA) is 60.0 Å². The number of nitrogens with zero attached hydrogens (tertiary/aromatic N) is 5. The van der Waals surface area contributed by atoms with Gasteiger partial charge in [-0.15, -0.1) is 0 Å². The van der Waals surface area contributed by atoms with Crippen LogP contribution in [0.4, 0.5) is 11.5 Å². The zero-order chi connectivity index (χ0) is 14.5. The van der Waals surface area contributed by atoms with Crippen molar-refractivity contribution in [3.63, 3.8) is 0 Å². The summed E-state index contributed by atoms with van der Waals surface area (Å²) < 4.78 is 2.04. The molecule has 1 aromatic carbocycles. The van der Waals surface area contributed by atoms with Gasteiger partial charge in [-0.2, -0.15) is 0 Å². The van der Waals surface area contributed by atoms with Gasteiger partial charge in [0, 0.05) is 30.9 Å². The molecule has 0 aliphatic carbocycles. The maximum absolute atomic E-state index is 7.09. The number of benzene rings is 1. The molecule has 2 heterocycles. The van der Waals surface area contributed by atoms with E-state index in [0.717, 1.165) is 36.2 Å². The predicted molar refractivity (Wildman–Crippen MR) is 81.1 cm³/mol. The van der Waals surface area contributed by atoms with Crippen molar-refractivity contribution in [2.45, 2.75) is 13.0 Å². The summed E-state index contributed by atoms with van der Waals surface area (Å²) in [6.07, 6.45) is 8.03. The van der Waals surface area contributed by atoms with E-state index in [-0.39, 0.29) is 0 Å². The molecule has 21 heavy (non-hydrogen) atoms. The van der Waals surface area contributed by atoms with Gasteiger partial charge in [-0.25, -0.2) is 19.8 Å². The van der Waals surface area contributed by atoms with E-state index >= 15 is 0 Å². The molecule has 0 saturated carbocycles. The highest BCUT2D eigenvalue weighted by molar-refractivity contribution is 5.91. The van der Waals surface area contributed by atoms with Crippen LogP contribution in [0.15, 0.2) is 43.2 Å². The smallest absolute Gasteiger partial charge is 0.188 e. The zero-order valence-corrected chi connectivity index (χ0v) is 11.4. The second-order valence-corrected chi connectivity index (χ2v) is 4.62. The molecule has 104 valence electrons. The van der Waals surface area contributed by atoms with Gasteiger partial charge in [0.1, 0.15) is 12.1 Å². The highest BCUT2D eigenvalue weighted by atomic mass is 15.0. The quantitative estimate of drug-likeness (QED) is 0.576. The number of hydrogen-bond acceptors (Lipinski definition) is 4. The number of aromatic nitrogens is 4. The van der Waals surface area contributed by atoms with Crippen molar-refractivity contribution in [2.24, 2.45) is 0 Å². The summed E-state index contributed by atoms with van der Waals surface area (Å²) in [5.74, 6) is 0.774. The summed E-state index contributed by atoms with van der Waals surface area (Å²) in [5.41, 5.74) is 1.44. The summed E-state index contributed by atoms with van der Waals surface area (Å²) in [6, 6.07) is 5.44. The van der Waals surface area contributed by atoms with Crippen LogP contribution >= 0.6 is 0 Å². The average molecular weight is 278 g/mol. The summed E-state index contributed by atoms with van der Waals surface area (Å²) in [4.78, 5) is 16.0. The fraction of sp³-hybridized carbons (Fsp3) is 0.200. The van der Waals surface area contributed by atoms with Gasteiger partial charge < -0.3 is 9.88 Å². The van der Waals surface area contributed by atoms with Crippen molar-refractivity contribution in [3.8, 4) is 0 Å². The first-order valence-electron chi connectivity index (χ1n) is 6.68. The summed E-state index contributed by atoms with van der Waals surface area (Å²) in [5, 5.41) is 4.20. The van der Waals surface area contributed by atoms with E-state index < -0.39 is 0 Å². The molecule has 6 heteroatoms. The van der Waals surface area contributed by atoms with Gasteiger partial charge in [0.25, 0.3) is 0 Å². The minimum Gasteiger partial charge on any atom is -0.369 e. The summed E-state index contributed by atoms with van der Waals surface area (Å²) in [7, 11) is 0. The minimum atomic E-state index is 0.596. The first-order chi connectivity index (χ1) is 10.4. The van der Waals surface area contributed by atoms with Crippen LogP contribution in [0, 0.1) is 6.57 Å². The Hall–Kier alpha value is -2.94. The van der Waals surface area contributed by atoms with Crippen molar-refractivity contribution in [2.75, 3.05) is 11.9 Å². The van der Waals surface area contributed by atoms with E-state index in [0.29, 0.717) is 5.69 Å². The lowest BCUT2D eigenvalue weighted by atomic mass is 10.2. The largest absolute Gasteiger partial charge is 0.369 e. The maximum atomic E-state index is 7.09. The van der Waals surface area contributed by atoms with Crippen LogP contribution in [0.5, 0.6) is 0 Å². The number of aryl methyl sites for hydroxylation is 1. The highest BCUT2D eigenvalue weighted by Crippen LogP contribution is 2.24. The van der Waals surface area contributed by atoms with E-state index in [9.17, 15) is 0 Å². The molecule has 6 nitrogen and oxygen atoms in total. The van der Waals surface area contributed by atoms with Crippen LogP contribution in [0.1, 0.15) is 6.42 Å². The molecule has 0 aliphatic heterocycles. The summed E-state index contributed by atoms with van der Waals surface area (Å²) in [6.45, 7) is 8.80. The number of hydrogen-bond donors (Lipinski definition) is 1. The molecule has 3 aromatic rings. The minimum absolute atomic E-state index is 0.596. The molecule has 1 N–H and O–H groups in total. The molecule has 0 spiro atoms. The van der Waals surface area contributed by atoms with Crippen molar-refractivity contribution in [3.05, 3.63) is 54.7 Å². The zero-order valence-electron chi connectivity index (χ0n) is 11.4. The number of rotatable bonds is 5. The molecule has 0 unspecified atom stereocenters. The highest BCUT2D eigenvalue weighted by Gasteiger charge is 2.04. The van der Waals surface area contributed by atoms with Gasteiger partial charge >= 0.3 is 0 Å². The van der Waals surface area contributed by atoms with E-state index in [1.165, 1.54) is 6.33 Å². The third kappa shape index (κ3) is 2.98. The second kappa shape index (κ2) is 6.01. The van der Waals surface area contributed by atoms with Crippen molar-refractivity contribution < 1.29 is 0 Å². The Kier molecular flexibility index (Phi) is 3.74. The fourth-order valence-electron chi connectivity index (χ4n) is 2.14. The Morgan fingerprint density at radius 3 is 3.05 bits per heavy atom. The first-order valence-corrected chi connectivity index (χ1v) is 6.68. The number of anilines is 1. The van der Waals surface area contributed by atoms with Crippen LogP contribution < -0.4 is 5.32 Å². The fourth-order valence-corrected chi connectivity index (χ4v) is 2.14. The van der Waals surface area contributed by atoms with E-state index in [1.807, 2.05) is 29.2 Å². The van der Waals surface area contributed by atoms with Gasteiger partial charge in [0.15, 0.2) is 5.69 Å². The second-order valence-electron chi connectivity index (χ2n) is 4.62. The molecule has 2 aromatic heterocycles. The predicted octanol–water partition coefficient (Wildman–Crippen LogP) is 2.88. The Morgan fingerprint density at radius 2 is 2.24 bits per heavy atom. The molecule has 0 bridgehead atoms. The summed E-state index contributed by atoms with van der Waals surface area (Å²) >= 11 is 0. The van der Waals surface area contributed by atoms with Crippen molar-refractivity contribution in [1.82, 2.24) is 19.5 Å². The standard InChI is InChI=1S/C15H14N6/c1-16-12-3-4-14-13(9-12)15(20-10-19-14)18-5-2-7-21-8-6-17-11-21/h3-4,6,8-11H,2,5,7H2,(H,18,19,20). The number of fused-ring (bicyclic) bond motifs is 1. The molecule has 0 fully saturated rings. The van der Waals surface area contributed by atoms with Crippen LogP contribution in [-0.2, 0) is 6.54 Å². The van der Waals surface area contributed by atoms with Crippen molar-refractivity contribution >= 4 is 22.4 Å². The Balaban J connectivity index is 1.70. The average Bonchev–Trinajstić information content (AvgIpc) is 3.04. The molecular weight excluding hydrogens is 264 g/mol. The van der Waals surface area contributed by atoms with Gasteiger partial charge in [0.2, 0.25) is 0 Å². The van der Waals surface area contributed by atoms with Gasteiger partial charge in [-0.05, 0) is 18.6 Å².